The van der Waals surface area contributed by atoms with Crippen molar-refractivity contribution in [2.45, 2.75) is 32.0 Å². The van der Waals surface area contributed by atoms with E-state index in [0.29, 0.717) is 6.29 Å². The molecule has 0 aliphatic rings. The predicted octanol–water partition coefficient (Wildman–Crippen LogP) is -1.29. The highest BCUT2D eigenvalue weighted by Gasteiger charge is 2.22. The van der Waals surface area contributed by atoms with Crippen LogP contribution in [0.25, 0.3) is 0 Å². The Labute approximate surface area is 106 Å². The zero-order chi connectivity index (χ0) is 13.4. The van der Waals surface area contributed by atoms with E-state index in [1.165, 1.54) is 0 Å². The zero-order valence-electron chi connectivity index (χ0n) is 10.2. The van der Waals surface area contributed by atoms with Crippen molar-refractivity contribution >= 4 is 30.7 Å². The van der Waals surface area contributed by atoms with Crippen molar-refractivity contribution in [3.8, 4) is 0 Å². The predicted molar refractivity (Wildman–Crippen MR) is 68.0 cm³/mol. The lowest BCUT2D eigenvalue weighted by Crippen LogP contribution is -2.53. The second kappa shape index (κ2) is 8.08. The minimum absolute atomic E-state index is 0.166. The molecule has 0 rings (SSSR count). The maximum absolute atomic E-state index is 11.6. The number of nitrogens with one attached hydrogen (secondary N) is 3. The number of likely N-dealkylation sites (N-methyl/N-ethyl adjacent to an activating group) is 1. The molecular weight excluding hydrogens is 242 g/mol. The molecule has 0 aliphatic carbocycles. The van der Waals surface area contributed by atoms with Gasteiger partial charge in [0.2, 0.25) is 11.8 Å². The summed E-state index contributed by atoms with van der Waals surface area (Å²) in [5.41, 5.74) is 0. The van der Waals surface area contributed by atoms with Gasteiger partial charge in [0.15, 0.2) is 0 Å². The molecule has 0 bridgehead atoms. The molecule has 0 aromatic carbocycles. The molecule has 2 amide bonds. The third-order valence-electron chi connectivity index (χ3n) is 2.22. The number of hydrogen-bond acceptors (Lipinski definition) is 5. The lowest BCUT2D eigenvalue weighted by Gasteiger charge is -2.19. The summed E-state index contributed by atoms with van der Waals surface area (Å²) in [6, 6.07) is -1.72. The molecule has 0 fully saturated rings. The molecule has 3 N–H and O–H groups in total. The summed E-state index contributed by atoms with van der Waals surface area (Å²) < 4.78 is 0. The Kier molecular flexibility index (Phi) is 7.56. The van der Waals surface area contributed by atoms with E-state index in [1.54, 1.807) is 20.9 Å². The highest BCUT2D eigenvalue weighted by Crippen LogP contribution is 1.92. The fraction of sp³-hybridized carbons (Fsp3) is 0.700. The van der Waals surface area contributed by atoms with E-state index < -0.39 is 24.0 Å². The van der Waals surface area contributed by atoms with Gasteiger partial charge in [0.25, 0.3) is 0 Å². The van der Waals surface area contributed by atoms with Crippen LogP contribution in [0.5, 0.6) is 0 Å². The molecule has 0 aromatic rings. The molecule has 0 saturated heterocycles. The summed E-state index contributed by atoms with van der Waals surface area (Å²) in [6.07, 6.45) is 0.617. The van der Waals surface area contributed by atoms with Crippen LogP contribution in [0.4, 0.5) is 0 Å². The summed E-state index contributed by atoms with van der Waals surface area (Å²) in [7, 11) is 1.65. The van der Waals surface area contributed by atoms with E-state index in [1.807, 2.05) is 0 Å². The molecule has 6 nitrogen and oxygen atoms in total. The SMILES string of the molecule is CNC(C)C(=O)NC(CS)C(=O)NC(C)C=O. The highest BCUT2D eigenvalue weighted by molar-refractivity contribution is 7.80. The topological polar surface area (TPSA) is 87.3 Å². The van der Waals surface area contributed by atoms with E-state index in [9.17, 15) is 14.4 Å². The minimum Gasteiger partial charge on any atom is -0.345 e. The van der Waals surface area contributed by atoms with Gasteiger partial charge >= 0.3 is 0 Å². The second-order valence-corrected chi connectivity index (χ2v) is 4.05. The second-order valence-electron chi connectivity index (χ2n) is 3.69. The van der Waals surface area contributed by atoms with Crippen molar-refractivity contribution in [3.63, 3.8) is 0 Å². The van der Waals surface area contributed by atoms with Gasteiger partial charge in [-0.15, -0.1) is 0 Å². The normalized spacial score (nSPS) is 15.5. The Hall–Kier alpha value is -1.08. The average molecular weight is 261 g/mol. The monoisotopic (exact) mass is 261 g/mol. The van der Waals surface area contributed by atoms with Crippen molar-refractivity contribution in [2.24, 2.45) is 0 Å². The van der Waals surface area contributed by atoms with E-state index in [2.05, 4.69) is 28.6 Å². The standard InChI is InChI=1S/C10H19N3O3S/c1-6(4-14)12-10(16)8(5-17)13-9(15)7(2)11-3/h4,6-8,11,17H,5H2,1-3H3,(H,12,16)(H,13,15). The van der Waals surface area contributed by atoms with Crippen LogP contribution in [0.2, 0.25) is 0 Å². The number of thiol groups is 1. The fourth-order valence-electron chi connectivity index (χ4n) is 0.981. The highest BCUT2D eigenvalue weighted by atomic mass is 32.1. The number of rotatable bonds is 7. The average Bonchev–Trinajstić information content (AvgIpc) is 2.33. The molecule has 17 heavy (non-hydrogen) atoms. The first kappa shape index (κ1) is 15.9. The Morgan fingerprint density at radius 1 is 1.24 bits per heavy atom. The van der Waals surface area contributed by atoms with E-state index in [4.69, 9.17) is 0 Å². The van der Waals surface area contributed by atoms with Gasteiger partial charge in [-0.3, -0.25) is 9.59 Å². The molecule has 3 unspecified atom stereocenters. The molecule has 0 aliphatic heterocycles. The van der Waals surface area contributed by atoms with Crippen LogP contribution in [0, 0.1) is 0 Å². The van der Waals surface area contributed by atoms with Crippen LogP contribution >= 0.6 is 12.6 Å². The summed E-state index contributed by atoms with van der Waals surface area (Å²) in [4.78, 5) is 33.6. The molecule has 0 saturated carbocycles. The van der Waals surface area contributed by atoms with Gasteiger partial charge in [-0.2, -0.15) is 12.6 Å². The van der Waals surface area contributed by atoms with Crippen LogP contribution in [0.3, 0.4) is 0 Å². The Balaban J connectivity index is 4.37. The summed E-state index contributed by atoms with van der Waals surface area (Å²) in [5, 5.41) is 7.75. The van der Waals surface area contributed by atoms with Crippen LogP contribution in [0.1, 0.15) is 13.8 Å². The van der Waals surface area contributed by atoms with Crippen molar-refractivity contribution in [2.75, 3.05) is 12.8 Å². The van der Waals surface area contributed by atoms with Crippen LogP contribution in [-0.4, -0.2) is 49.0 Å². The summed E-state index contributed by atoms with van der Waals surface area (Å²) in [6.45, 7) is 3.23. The molecule has 0 heterocycles. The molecule has 3 atom stereocenters. The minimum atomic E-state index is -0.746. The third kappa shape index (κ3) is 5.69. The van der Waals surface area contributed by atoms with Crippen LogP contribution in [0.15, 0.2) is 0 Å². The van der Waals surface area contributed by atoms with Gasteiger partial charge in [0.1, 0.15) is 12.3 Å². The largest absolute Gasteiger partial charge is 0.345 e. The fourth-order valence-corrected chi connectivity index (χ4v) is 1.24. The zero-order valence-corrected chi connectivity index (χ0v) is 11.1. The van der Waals surface area contributed by atoms with Gasteiger partial charge in [0, 0.05) is 5.75 Å². The molecule has 98 valence electrons. The van der Waals surface area contributed by atoms with Crippen LogP contribution in [-0.2, 0) is 14.4 Å². The van der Waals surface area contributed by atoms with Crippen molar-refractivity contribution in [1.29, 1.82) is 0 Å². The van der Waals surface area contributed by atoms with Crippen LogP contribution < -0.4 is 16.0 Å². The number of hydrogen-bond donors (Lipinski definition) is 4. The molecule has 0 aromatic heterocycles. The van der Waals surface area contributed by atoms with Gasteiger partial charge in [-0.1, -0.05) is 0 Å². The van der Waals surface area contributed by atoms with E-state index in [-0.39, 0.29) is 11.7 Å². The molecule has 0 radical (unpaired) electrons. The Morgan fingerprint density at radius 3 is 2.24 bits per heavy atom. The number of amides is 2. The lowest BCUT2D eigenvalue weighted by molar-refractivity contribution is -0.130. The maximum Gasteiger partial charge on any atom is 0.243 e. The number of carbonyl (C=O) groups is 3. The smallest absolute Gasteiger partial charge is 0.243 e. The van der Waals surface area contributed by atoms with Gasteiger partial charge in [-0.05, 0) is 20.9 Å². The third-order valence-corrected chi connectivity index (χ3v) is 2.58. The maximum atomic E-state index is 11.6. The summed E-state index contributed by atoms with van der Waals surface area (Å²) >= 11 is 3.99. The molecule has 7 heteroatoms. The molecule has 0 spiro atoms. The quantitative estimate of drug-likeness (QED) is 0.339. The van der Waals surface area contributed by atoms with Crippen molar-refractivity contribution in [1.82, 2.24) is 16.0 Å². The first-order valence-corrected chi connectivity index (χ1v) is 5.93. The van der Waals surface area contributed by atoms with E-state index in [0.717, 1.165) is 0 Å². The first-order chi connectivity index (χ1) is 7.96. The molecular formula is C10H19N3O3S. The number of aldehydes is 1. The Morgan fingerprint density at radius 2 is 1.82 bits per heavy atom. The van der Waals surface area contributed by atoms with E-state index >= 15 is 0 Å². The van der Waals surface area contributed by atoms with Crippen molar-refractivity contribution < 1.29 is 14.4 Å². The van der Waals surface area contributed by atoms with Crippen molar-refractivity contribution in [3.05, 3.63) is 0 Å². The lowest BCUT2D eigenvalue weighted by atomic mass is 10.2. The first-order valence-electron chi connectivity index (χ1n) is 5.30. The summed E-state index contributed by atoms with van der Waals surface area (Å²) in [5.74, 6) is -0.545. The van der Waals surface area contributed by atoms with Gasteiger partial charge in [0.05, 0.1) is 12.1 Å². The Bertz CT molecular complexity index is 286. The van der Waals surface area contributed by atoms with Gasteiger partial charge < -0.3 is 20.7 Å². The van der Waals surface area contributed by atoms with Gasteiger partial charge in [-0.25, -0.2) is 0 Å². The number of carbonyl (C=O) groups excluding carboxylic acids is 3.